The maximum absolute atomic E-state index is 12.5. The van der Waals surface area contributed by atoms with E-state index in [2.05, 4.69) is 17.2 Å². The number of hydrogen-bond acceptors (Lipinski definition) is 4. The molecule has 29 heavy (non-hydrogen) atoms. The maximum Gasteiger partial charge on any atom is 0.226 e. The molecule has 2 amide bonds. The SMILES string of the molecule is C[C@H]1CCc2nc(NC(=O)CC3CCN(C(=O)Cc4ccccc4)CC3)sc2C1. The molecule has 0 radical (unpaired) electrons. The standard InChI is InChI=1S/C23H29N3O2S/c1-16-7-8-19-20(13-16)29-23(24-19)25-21(27)14-18-9-11-26(12-10-18)22(28)15-17-5-3-2-4-6-17/h2-6,16,18H,7-15H2,1H3,(H,24,25,27)/t16-/m0/s1. The minimum atomic E-state index is 0.0539. The van der Waals surface area contributed by atoms with Gasteiger partial charge in [0.25, 0.3) is 0 Å². The van der Waals surface area contributed by atoms with Gasteiger partial charge in [0.15, 0.2) is 5.13 Å². The van der Waals surface area contributed by atoms with Crippen LogP contribution in [0.1, 0.15) is 48.7 Å². The van der Waals surface area contributed by atoms with E-state index in [1.165, 1.54) is 17.0 Å². The predicted octanol–water partition coefficient (Wildman–Crippen LogP) is 4.08. The Morgan fingerprint density at radius 1 is 1.17 bits per heavy atom. The number of nitrogens with one attached hydrogen (secondary N) is 1. The molecule has 1 saturated heterocycles. The number of carbonyl (C=O) groups excluding carboxylic acids is 2. The van der Waals surface area contributed by atoms with E-state index in [9.17, 15) is 9.59 Å². The molecule has 0 unspecified atom stereocenters. The summed E-state index contributed by atoms with van der Waals surface area (Å²) < 4.78 is 0. The van der Waals surface area contributed by atoms with E-state index >= 15 is 0 Å². The second kappa shape index (κ2) is 9.08. The first-order chi connectivity index (χ1) is 14.1. The molecule has 4 rings (SSSR count). The molecule has 1 fully saturated rings. The van der Waals surface area contributed by atoms with Crippen molar-refractivity contribution in [1.29, 1.82) is 0 Å². The van der Waals surface area contributed by atoms with E-state index in [1.807, 2.05) is 35.2 Å². The molecule has 1 aromatic carbocycles. The van der Waals surface area contributed by atoms with Gasteiger partial charge in [0.05, 0.1) is 12.1 Å². The number of thiazole rings is 1. The number of hydrogen-bond donors (Lipinski definition) is 1. The van der Waals surface area contributed by atoms with Crippen LogP contribution in [0.2, 0.25) is 0 Å². The van der Waals surface area contributed by atoms with Crippen molar-refractivity contribution >= 4 is 28.3 Å². The average Bonchev–Trinajstić information content (AvgIpc) is 3.10. The Labute approximate surface area is 176 Å². The zero-order chi connectivity index (χ0) is 20.2. The highest BCUT2D eigenvalue weighted by Gasteiger charge is 2.25. The molecule has 1 aliphatic carbocycles. The number of piperidine rings is 1. The third-order valence-corrected chi connectivity index (χ3v) is 7.11. The first-order valence-electron chi connectivity index (χ1n) is 10.7. The Bertz CT molecular complexity index is 856. The second-order valence-corrected chi connectivity index (χ2v) is 9.56. The van der Waals surface area contributed by atoms with Gasteiger partial charge < -0.3 is 10.2 Å². The second-order valence-electron chi connectivity index (χ2n) is 8.48. The molecule has 1 aliphatic heterocycles. The van der Waals surface area contributed by atoms with Gasteiger partial charge in [-0.2, -0.15) is 0 Å². The number of likely N-dealkylation sites (tertiary alicyclic amines) is 1. The molecule has 1 aromatic heterocycles. The van der Waals surface area contributed by atoms with Gasteiger partial charge in [0, 0.05) is 24.4 Å². The summed E-state index contributed by atoms with van der Waals surface area (Å²) in [6.45, 7) is 3.76. The predicted molar refractivity (Wildman–Crippen MR) is 116 cm³/mol. The summed E-state index contributed by atoms with van der Waals surface area (Å²) in [6.07, 6.45) is 6.04. The molecule has 1 N–H and O–H groups in total. The number of anilines is 1. The molecule has 2 heterocycles. The molecule has 154 valence electrons. The van der Waals surface area contributed by atoms with Crippen LogP contribution < -0.4 is 5.32 Å². The monoisotopic (exact) mass is 411 g/mol. The molecule has 2 aromatic rings. The van der Waals surface area contributed by atoms with Gasteiger partial charge >= 0.3 is 0 Å². The lowest BCUT2D eigenvalue weighted by atomic mass is 9.93. The van der Waals surface area contributed by atoms with Gasteiger partial charge in [-0.05, 0) is 49.5 Å². The highest BCUT2D eigenvalue weighted by molar-refractivity contribution is 7.15. The summed E-state index contributed by atoms with van der Waals surface area (Å²) in [7, 11) is 0. The van der Waals surface area contributed by atoms with Crippen molar-refractivity contribution in [2.24, 2.45) is 11.8 Å². The molecule has 6 heteroatoms. The Balaban J connectivity index is 1.22. The number of benzene rings is 1. The summed E-state index contributed by atoms with van der Waals surface area (Å²) in [6, 6.07) is 9.88. The number of rotatable bonds is 5. The van der Waals surface area contributed by atoms with Crippen LogP contribution in [0, 0.1) is 11.8 Å². The Kier molecular flexibility index (Phi) is 6.28. The zero-order valence-electron chi connectivity index (χ0n) is 17.0. The molecular formula is C23H29N3O2S. The van der Waals surface area contributed by atoms with Crippen LogP contribution >= 0.6 is 11.3 Å². The van der Waals surface area contributed by atoms with Crippen LogP contribution in [-0.2, 0) is 28.9 Å². The van der Waals surface area contributed by atoms with Gasteiger partial charge in [-0.25, -0.2) is 4.98 Å². The van der Waals surface area contributed by atoms with Crippen molar-refractivity contribution in [2.75, 3.05) is 18.4 Å². The van der Waals surface area contributed by atoms with Crippen LogP contribution in [0.15, 0.2) is 30.3 Å². The van der Waals surface area contributed by atoms with E-state index in [4.69, 9.17) is 0 Å². The molecule has 0 saturated carbocycles. The number of nitrogens with zero attached hydrogens (tertiary/aromatic N) is 2. The lowest BCUT2D eigenvalue weighted by molar-refractivity contribution is -0.131. The van der Waals surface area contributed by atoms with Crippen LogP contribution in [-0.4, -0.2) is 34.8 Å². The number of amides is 2. The van der Waals surface area contributed by atoms with Crippen LogP contribution in [0.3, 0.4) is 0 Å². The highest BCUT2D eigenvalue weighted by Crippen LogP contribution is 2.32. The van der Waals surface area contributed by atoms with Gasteiger partial charge in [0.1, 0.15) is 0 Å². The van der Waals surface area contributed by atoms with Crippen molar-refractivity contribution in [1.82, 2.24) is 9.88 Å². The third-order valence-electron chi connectivity index (χ3n) is 6.07. The topological polar surface area (TPSA) is 62.3 Å². The summed E-state index contributed by atoms with van der Waals surface area (Å²) in [5, 5.41) is 3.77. The van der Waals surface area contributed by atoms with E-state index in [0.717, 1.165) is 49.5 Å². The quantitative estimate of drug-likeness (QED) is 0.806. The molecule has 1 atom stereocenters. The molecular weight excluding hydrogens is 382 g/mol. The third kappa shape index (κ3) is 5.24. The average molecular weight is 412 g/mol. The van der Waals surface area contributed by atoms with Crippen molar-refractivity contribution in [2.45, 2.75) is 51.9 Å². The first-order valence-corrected chi connectivity index (χ1v) is 11.5. The normalized spacial score (nSPS) is 19.6. The molecule has 0 bridgehead atoms. The minimum Gasteiger partial charge on any atom is -0.342 e. The van der Waals surface area contributed by atoms with Crippen LogP contribution in [0.25, 0.3) is 0 Å². The van der Waals surface area contributed by atoms with Crippen LogP contribution in [0.4, 0.5) is 5.13 Å². The zero-order valence-corrected chi connectivity index (χ0v) is 17.8. The Morgan fingerprint density at radius 3 is 2.69 bits per heavy atom. The maximum atomic E-state index is 12.5. The Hall–Kier alpha value is -2.21. The highest BCUT2D eigenvalue weighted by atomic mass is 32.1. The molecule has 5 nitrogen and oxygen atoms in total. The lowest BCUT2D eigenvalue weighted by Gasteiger charge is -2.31. The molecule has 0 spiro atoms. The van der Waals surface area contributed by atoms with Gasteiger partial charge in [-0.15, -0.1) is 11.3 Å². The minimum absolute atomic E-state index is 0.0539. The van der Waals surface area contributed by atoms with Crippen LogP contribution in [0.5, 0.6) is 0 Å². The number of aryl methyl sites for hydroxylation is 1. The van der Waals surface area contributed by atoms with E-state index in [1.54, 1.807) is 11.3 Å². The first kappa shape index (κ1) is 20.1. The van der Waals surface area contributed by atoms with E-state index in [0.29, 0.717) is 24.7 Å². The number of carbonyl (C=O) groups is 2. The van der Waals surface area contributed by atoms with Gasteiger partial charge in [-0.1, -0.05) is 37.3 Å². The summed E-state index contributed by atoms with van der Waals surface area (Å²) in [5.41, 5.74) is 2.23. The number of fused-ring (bicyclic) bond motifs is 1. The fourth-order valence-electron chi connectivity index (χ4n) is 4.29. The Morgan fingerprint density at radius 2 is 1.93 bits per heavy atom. The fourth-order valence-corrected chi connectivity index (χ4v) is 5.48. The molecule has 2 aliphatic rings. The summed E-state index contributed by atoms with van der Waals surface area (Å²) >= 11 is 1.64. The summed E-state index contributed by atoms with van der Waals surface area (Å²) in [5.74, 6) is 1.28. The van der Waals surface area contributed by atoms with Crippen molar-refractivity contribution in [3.63, 3.8) is 0 Å². The smallest absolute Gasteiger partial charge is 0.226 e. The van der Waals surface area contributed by atoms with Crippen molar-refractivity contribution < 1.29 is 9.59 Å². The van der Waals surface area contributed by atoms with Gasteiger partial charge in [0.2, 0.25) is 11.8 Å². The summed E-state index contributed by atoms with van der Waals surface area (Å²) in [4.78, 5) is 32.9. The lowest BCUT2D eigenvalue weighted by Crippen LogP contribution is -2.40. The van der Waals surface area contributed by atoms with E-state index < -0.39 is 0 Å². The fraction of sp³-hybridized carbons (Fsp3) is 0.522. The van der Waals surface area contributed by atoms with Gasteiger partial charge in [-0.3, -0.25) is 9.59 Å². The van der Waals surface area contributed by atoms with Crippen molar-refractivity contribution in [3.05, 3.63) is 46.5 Å². The largest absolute Gasteiger partial charge is 0.342 e. The van der Waals surface area contributed by atoms with E-state index in [-0.39, 0.29) is 11.8 Å². The number of aromatic nitrogens is 1. The van der Waals surface area contributed by atoms with Crippen molar-refractivity contribution in [3.8, 4) is 0 Å².